The quantitative estimate of drug-likeness (QED) is 0.490. The Kier molecular flexibility index (Phi) is 3.36. The summed E-state index contributed by atoms with van der Waals surface area (Å²) in [5, 5.41) is 3.02. The van der Waals surface area contributed by atoms with E-state index in [1.54, 1.807) is 5.20 Å². The Balaban J connectivity index is 2.19. The van der Waals surface area contributed by atoms with E-state index >= 15 is 0 Å². The van der Waals surface area contributed by atoms with Crippen molar-refractivity contribution in [2.24, 2.45) is 7.05 Å². The van der Waals surface area contributed by atoms with Gasteiger partial charge in [0.15, 0.2) is 0 Å². The number of hydrogen-bond donors (Lipinski definition) is 0. The summed E-state index contributed by atoms with van der Waals surface area (Å²) in [5.41, 5.74) is 8.72. The number of para-hydroxylation sites is 1. The molecule has 2 heteroatoms. The van der Waals surface area contributed by atoms with Crippen LogP contribution in [0.4, 0.5) is 0 Å². The van der Waals surface area contributed by atoms with Crippen LogP contribution >= 0.6 is 0 Å². The van der Waals surface area contributed by atoms with Crippen LogP contribution in [-0.4, -0.2) is 12.6 Å². The van der Waals surface area contributed by atoms with Crippen LogP contribution in [0.3, 0.4) is 0 Å². The van der Waals surface area contributed by atoms with Crippen molar-refractivity contribution in [2.45, 2.75) is 33.0 Å². The van der Waals surface area contributed by atoms with Gasteiger partial charge in [0.2, 0.25) is 0 Å². The molecule has 0 amide bonds. The number of allylic oxidation sites excluding steroid dienone is 1. The predicted octanol–water partition coefficient (Wildman–Crippen LogP) is 5.89. The molecule has 1 aromatic heterocycles. The first kappa shape index (κ1) is 15.5. The van der Waals surface area contributed by atoms with Gasteiger partial charge in [-0.15, -0.1) is 0 Å². The van der Waals surface area contributed by atoms with E-state index in [1.165, 1.54) is 38.9 Å². The third kappa shape index (κ3) is 2.13. The fourth-order valence-corrected chi connectivity index (χ4v) is 6.72. The van der Waals surface area contributed by atoms with E-state index in [1.807, 2.05) is 0 Å². The molecule has 0 unspecified atom stereocenters. The van der Waals surface area contributed by atoms with Crippen LogP contribution in [0, 0.1) is 0 Å². The first-order valence-electron chi connectivity index (χ1n) is 8.76. The van der Waals surface area contributed by atoms with Crippen molar-refractivity contribution < 1.29 is 0 Å². The molecule has 1 aliphatic rings. The molecule has 3 aromatic rings. The minimum atomic E-state index is -1.51. The number of aromatic nitrogens is 1. The van der Waals surface area contributed by atoms with Crippen molar-refractivity contribution >= 4 is 29.7 Å². The average molecular weight is 332 g/mol. The second kappa shape index (κ2) is 5.22. The normalized spacial score (nSPS) is 14.5. The lowest BCUT2D eigenvalue weighted by Gasteiger charge is -2.25. The van der Waals surface area contributed by atoms with Gasteiger partial charge in [-0.2, -0.15) is 0 Å². The van der Waals surface area contributed by atoms with E-state index in [0.717, 1.165) is 6.42 Å². The van der Waals surface area contributed by atoms with Crippen molar-refractivity contribution in [3.8, 4) is 0 Å². The molecular formula is C22H25NSi. The molecule has 0 N–H and O–H groups in total. The predicted molar refractivity (Wildman–Crippen MR) is 108 cm³/mol. The number of benzene rings is 2. The zero-order chi connectivity index (χ0) is 17.1. The van der Waals surface area contributed by atoms with Crippen LogP contribution in [0.5, 0.6) is 0 Å². The first-order chi connectivity index (χ1) is 11.4. The van der Waals surface area contributed by atoms with Gasteiger partial charge in [-0.1, -0.05) is 62.1 Å². The molecule has 1 aliphatic carbocycles. The Hall–Kier alpha value is -2.06. The van der Waals surface area contributed by atoms with E-state index in [-0.39, 0.29) is 0 Å². The largest absolute Gasteiger partial charge is 0.344 e. The Morgan fingerprint density at radius 2 is 1.58 bits per heavy atom. The van der Waals surface area contributed by atoms with E-state index in [4.69, 9.17) is 0 Å². The molecule has 24 heavy (non-hydrogen) atoms. The molecule has 0 spiro atoms. The molecule has 0 saturated heterocycles. The molecule has 0 saturated carbocycles. The van der Waals surface area contributed by atoms with Crippen LogP contribution in [0.2, 0.25) is 19.6 Å². The molecule has 2 aromatic carbocycles. The molecular weight excluding hydrogens is 306 g/mol. The van der Waals surface area contributed by atoms with Gasteiger partial charge >= 0.3 is 0 Å². The fourth-order valence-electron chi connectivity index (χ4n) is 4.43. The lowest BCUT2D eigenvalue weighted by atomic mass is 9.98. The van der Waals surface area contributed by atoms with Crippen molar-refractivity contribution in [1.29, 1.82) is 0 Å². The Bertz CT molecular complexity index is 983. The van der Waals surface area contributed by atoms with Gasteiger partial charge in [-0.3, -0.25) is 0 Å². The summed E-state index contributed by atoms with van der Waals surface area (Å²) in [4.78, 5) is 0. The first-order valence-corrected chi connectivity index (χ1v) is 12.3. The molecule has 122 valence electrons. The zero-order valence-electron chi connectivity index (χ0n) is 15.3. The van der Waals surface area contributed by atoms with Gasteiger partial charge in [0.05, 0.1) is 8.07 Å². The minimum absolute atomic E-state index is 1.03. The topological polar surface area (TPSA) is 4.93 Å². The van der Waals surface area contributed by atoms with Crippen LogP contribution in [0.1, 0.15) is 29.3 Å². The Labute approximate surface area is 145 Å². The molecule has 0 fully saturated rings. The van der Waals surface area contributed by atoms with E-state index in [0.29, 0.717) is 0 Å². The van der Waals surface area contributed by atoms with Gasteiger partial charge in [-0.25, -0.2) is 0 Å². The molecule has 1 heterocycles. The number of fused-ring (bicyclic) bond motifs is 4. The highest BCUT2D eigenvalue weighted by atomic mass is 28.3. The standard InChI is InChI=1S/C22H25NSi/c1-15-17-11-7-6-10-16(17)14-19-18-12-8-9-13-20(18)23(2)21(19)22(15)24(3,4)5/h6-13H,14H2,1-5H3. The van der Waals surface area contributed by atoms with Crippen LogP contribution in [0.15, 0.2) is 48.5 Å². The molecule has 0 bridgehead atoms. The van der Waals surface area contributed by atoms with Crippen molar-refractivity contribution in [3.05, 3.63) is 70.9 Å². The highest BCUT2D eigenvalue weighted by Gasteiger charge is 2.32. The fraction of sp³-hybridized carbons (Fsp3) is 0.273. The van der Waals surface area contributed by atoms with Crippen LogP contribution < -0.4 is 0 Å². The third-order valence-electron chi connectivity index (χ3n) is 5.36. The van der Waals surface area contributed by atoms with Crippen molar-refractivity contribution in [2.75, 3.05) is 0 Å². The summed E-state index contributed by atoms with van der Waals surface area (Å²) in [7, 11) is 0.734. The smallest absolute Gasteiger partial charge is 0.0807 e. The lowest BCUT2D eigenvalue weighted by Crippen LogP contribution is -2.25. The van der Waals surface area contributed by atoms with E-state index in [2.05, 4.69) is 86.7 Å². The van der Waals surface area contributed by atoms with Gasteiger partial charge in [0.25, 0.3) is 0 Å². The van der Waals surface area contributed by atoms with Crippen LogP contribution in [0.25, 0.3) is 21.7 Å². The monoisotopic (exact) mass is 331 g/mol. The maximum absolute atomic E-state index is 2.47. The van der Waals surface area contributed by atoms with Crippen molar-refractivity contribution in [1.82, 2.24) is 4.57 Å². The highest BCUT2D eigenvalue weighted by molar-refractivity contribution is 6.95. The molecule has 0 radical (unpaired) electrons. The van der Waals surface area contributed by atoms with Crippen LogP contribution in [-0.2, 0) is 13.5 Å². The average Bonchev–Trinajstić information content (AvgIpc) is 2.73. The number of hydrogen-bond acceptors (Lipinski definition) is 0. The zero-order valence-corrected chi connectivity index (χ0v) is 16.3. The Morgan fingerprint density at radius 1 is 0.917 bits per heavy atom. The minimum Gasteiger partial charge on any atom is -0.344 e. The van der Waals surface area contributed by atoms with Gasteiger partial charge < -0.3 is 4.57 Å². The summed E-state index contributed by atoms with van der Waals surface area (Å²) in [6.07, 6.45) is 1.03. The third-order valence-corrected chi connectivity index (χ3v) is 7.47. The van der Waals surface area contributed by atoms with Gasteiger partial charge in [0.1, 0.15) is 0 Å². The maximum Gasteiger partial charge on any atom is 0.0807 e. The number of nitrogens with zero attached hydrogens (tertiary/aromatic N) is 1. The summed E-state index contributed by atoms with van der Waals surface area (Å²) in [6.45, 7) is 9.75. The van der Waals surface area contributed by atoms with Gasteiger partial charge in [-0.05, 0) is 40.4 Å². The summed E-state index contributed by atoms with van der Waals surface area (Å²) in [5.74, 6) is 0. The molecule has 0 atom stereocenters. The SMILES string of the molecule is CC1=C([Si](C)(C)C)c2c(c3ccccc3n2C)Cc2ccccc21. The highest BCUT2D eigenvalue weighted by Crippen LogP contribution is 2.43. The summed E-state index contributed by atoms with van der Waals surface area (Å²) < 4.78 is 2.44. The second-order valence-electron chi connectivity index (χ2n) is 7.99. The number of aryl methyl sites for hydroxylation is 1. The molecule has 4 rings (SSSR count). The van der Waals surface area contributed by atoms with E-state index < -0.39 is 8.07 Å². The molecule has 0 aliphatic heterocycles. The Morgan fingerprint density at radius 3 is 2.33 bits per heavy atom. The summed E-state index contributed by atoms with van der Waals surface area (Å²) in [6, 6.07) is 17.8. The molecule has 1 nitrogen and oxygen atoms in total. The lowest BCUT2D eigenvalue weighted by molar-refractivity contribution is 0.940. The second-order valence-corrected chi connectivity index (χ2v) is 13.0. The summed E-state index contributed by atoms with van der Waals surface area (Å²) >= 11 is 0. The van der Waals surface area contributed by atoms with E-state index in [9.17, 15) is 0 Å². The van der Waals surface area contributed by atoms with Crippen molar-refractivity contribution in [3.63, 3.8) is 0 Å². The van der Waals surface area contributed by atoms with Gasteiger partial charge in [0, 0.05) is 30.1 Å². The number of rotatable bonds is 1. The maximum atomic E-state index is 2.47.